The Hall–Kier alpha value is -0.830. The van der Waals surface area contributed by atoms with E-state index in [0.717, 1.165) is 18.9 Å². The number of piperidine rings is 1. The molecule has 2 heterocycles. The van der Waals surface area contributed by atoms with Crippen molar-refractivity contribution < 1.29 is 0 Å². The van der Waals surface area contributed by atoms with Gasteiger partial charge in [-0.25, -0.2) is 4.98 Å². The lowest BCUT2D eigenvalue weighted by Gasteiger charge is -2.29. The minimum atomic E-state index is 0.808. The third kappa shape index (κ3) is 6.76. The normalized spacial score (nSPS) is 18.9. The highest BCUT2D eigenvalue weighted by Gasteiger charge is 2.17. The SMILES string of the molecule is CC.CC.CCc1cn(CC2CCCN(C)C2)cn1. The van der Waals surface area contributed by atoms with Crippen molar-refractivity contribution in [1.29, 1.82) is 0 Å². The summed E-state index contributed by atoms with van der Waals surface area (Å²) in [6, 6.07) is 0. The summed E-state index contributed by atoms with van der Waals surface area (Å²) in [6.45, 7) is 13.8. The van der Waals surface area contributed by atoms with Gasteiger partial charge in [0.1, 0.15) is 0 Å². The van der Waals surface area contributed by atoms with Gasteiger partial charge in [0, 0.05) is 19.3 Å². The number of nitrogens with zero attached hydrogens (tertiary/aromatic N) is 3. The maximum absolute atomic E-state index is 4.37. The predicted molar refractivity (Wildman–Crippen MR) is 84.5 cm³/mol. The quantitative estimate of drug-likeness (QED) is 0.829. The van der Waals surface area contributed by atoms with E-state index < -0.39 is 0 Å². The summed E-state index contributed by atoms with van der Waals surface area (Å²) >= 11 is 0. The number of rotatable bonds is 3. The molecule has 0 aromatic carbocycles. The highest BCUT2D eigenvalue weighted by molar-refractivity contribution is 4.96. The fourth-order valence-electron chi connectivity index (χ4n) is 2.41. The monoisotopic (exact) mass is 267 g/mol. The van der Waals surface area contributed by atoms with Crippen LogP contribution in [0.25, 0.3) is 0 Å². The van der Waals surface area contributed by atoms with Crippen molar-refractivity contribution in [3.05, 3.63) is 18.2 Å². The minimum Gasteiger partial charge on any atom is -0.337 e. The Morgan fingerprint density at radius 1 is 1.26 bits per heavy atom. The largest absolute Gasteiger partial charge is 0.337 e. The second-order valence-electron chi connectivity index (χ2n) is 4.69. The van der Waals surface area contributed by atoms with Gasteiger partial charge < -0.3 is 9.47 Å². The Kier molecular flexibility index (Phi) is 10.6. The van der Waals surface area contributed by atoms with Crippen LogP contribution in [0.15, 0.2) is 12.5 Å². The minimum absolute atomic E-state index is 0.808. The molecule has 1 aromatic heterocycles. The summed E-state index contributed by atoms with van der Waals surface area (Å²) in [5.74, 6) is 0.808. The van der Waals surface area contributed by atoms with Gasteiger partial charge in [0.2, 0.25) is 0 Å². The van der Waals surface area contributed by atoms with Crippen molar-refractivity contribution in [2.24, 2.45) is 5.92 Å². The molecule has 0 spiro atoms. The van der Waals surface area contributed by atoms with E-state index in [2.05, 4.69) is 34.6 Å². The molecule has 19 heavy (non-hydrogen) atoms. The molecule has 3 nitrogen and oxygen atoms in total. The summed E-state index contributed by atoms with van der Waals surface area (Å²) < 4.78 is 2.25. The van der Waals surface area contributed by atoms with Crippen molar-refractivity contribution in [2.45, 2.75) is 60.4 Å². The highest BCUT2D eigenvalue weighted by atomic mass is 15.1. The lowest BCUT2D eigenvalue weighted by atomic mass is 9.98. The number of hydrogen-bond acceptors (Lipinski definition) is 2. The third-order valence-corrected chi connectivity index (χ3v) is 3.24. The van der Waals surface area contributed by atoms with Crippen LogP contribution in [0.5, 0.6) is 0 Å². The molecule has 2 rings (SSSR count). The molecular formula is C16H33N3. The Bertz CT molecular complexity index is 307. The van der Waals surface area contributed by atoms with E-state index >= 15 is 0 Å². The van der Waals surface area contributed by atoms with Gasteiger partial charge in [-0.1, -0.05) is 34.6 Å². The zero-order valence-electron chi connectivity index (χ0n) is 13.8. The van der Waals surface area contributed by atoms with Crippen LogP contribution in [0.2, 0.25) is 0 Å². The molecule has 1 fully saturated rings. The summed E-state index contributed by atoms with van der Waals surface area (Å²) in [4.78, 5) is 6.80. The van der Waals surface area contributed by atoms with Crippen molar-refractivity contribution >= 4 is 0 Å². The van der Waals surface area contributed by atoms with Crippen LogP contribution < -0.4 is 0 Å². The maximum atomic E-state index is 4.37. The van der Waals surface area contributed by atoms with Gasteiger partial charge in [0.15, 0.2) is 0 Å². The summed E-state index contributed by atoms with van der Waals surface area (Å²) in [5.41, 5.74) is 1.21. The number of imidazole rings is 1. The Balaban J connectivity index is 0.000000741. The number of likely N-dealkylation sites (tertiary alicyclic amines) is 1. The predicted octanol–water partition coefficient (Wildman–Crippen LogP) is 3.84. The van der Waals surface area contributed by atoms with Gasteiger partial charge in [-0.05, 0) is 38.8 Å². The molecule has 1 aromatic rings. The molecule has 0 saturated carbocycles. The molecule has 1 aliphatic heterocycles. The van der Waals surface area contributed by atoms with E-state index in [0.29, 0.717) is 0 Å². The first-order chi connectivity index (χ1) is 9.28. The zero-order chi connectivity index (χ0) is 14.7. The van der Waals surface area contributed by atoms with Crippen LogP contribution in [-0.4, -0.2) is 34.6 Å². The average Bonchev–Trinajstić information content (AvgIpc) is 2.91. The second kappa shape index (κ2) is 11.0. The van der Waals surface area contributed by atoms with Gasteiger partial charge in [0.05, 0.1) is 12.0 Å². The van der Waals surface area contributed by atoms with Crippen LogP contribution in [-0.2, 0) is 13.0 Å². The van der Waals surface area contributed by atoms with Gasteiger partial charge >= 0.3 is 0 Å². The first-order valence-corrected chi connectivity index (χ1v) is 7.97. The molecule has 1 unspecified atom stereocenters. The number of aryl methyl sites for hydroxylation is 1. The van der Waals surface area contributed by atoms with Crippen LogP contribution in [0.4, 0.5) is 0 Å². The Labute approximate surface area is 120 Å². The first-order valence-electron chi connectivity index (χ1n) is 7.97. The van der Waals surface area contributed by atoms with Crippen molar-refractivity contribution in [3.63, 3.8) is 0 Å². The van der Waals surface area contributed by atoms with Crippen molar-refractivity contribution in [1.82, 2.24) is 14.5 Å². The molecular weight excluding hydrogens is 234 g/mol. The van der Waals surface area contributed by atoms with Crippen LogP contribution in [0, 0.1) is 5.92 Å². The van der Waals surface area contributed by atoms with E-state index in [9.17, 15) is 0 Å². The summed E-state index contributed by atoms with van der Waals surface area (Å²) in [5, 5.41) is 0. The second-order valence-corrected chi connectivity index (χ2v) is 4.69. The fourth-order valence-corrected chi connectivity index (χ4v) is 2.41. The third-order valence-electron chi connectivity index (χ3n) is 3.24. The molecule has 0 radical (unpaired) electrons. The van der Waals surface area contributed by atoms with E-state index in [1.165, 1.54) is 31.6 Å². The molecule has 0 N–H and O–H groups in total. The molecule has 3 heteroatoms. The maximum Gasteiger partial charge on any atom is 0.0949 e. The molecule has 112 valence electrons. The summed E-state index contributed by atoms with van der Waals surface area (Å²) in [7, 11) is 2.22. The van der Waals surface area contributed by atoms with E-state index in [1.807, 2.05) is 34.0 Å². The lowest BCUT2D eigenvalue weighted by molar-refractivity contribution is 0.194. The van der Waals surface area contributed by atoms with Crippen molar-refractivity contribution in [2.75, 3.05) is 20.1 Å². The molecule has 1 saturated heterocycles. The topological polar surface area (TPSA) is 21.1 Å². The molecule has 1 aliphatic rings. The standard InChI is InChI=1S/C12H21N3.2C2H6/c1-3-12-9-15(10-13-12)8-11-5-4-6-14(2)7-11;2*1-2/h9-11H,3-8H2,1-2H3;2*1-2H3. The van der Waals surface area contributed by atoms with E-state index in [-0.39, 0.29) is 0 Å². The molecule has 1 atom stereocenters. The van der Waals surface area contributed by atoms with E-state index in [1.54, 1.807) is 0 Å². The Morgan fingerprint density at radius 3 is 2.47 bits per heavy atom. The Morgan fingerprint density at radius 2 is 1.95 bits per heavy atom. The molecule has 0 aliphatic carbocycles. The highest BCUT2D eigenvalue weighted by Crippen LogP contribution is 2.17. The van der Waals surface area contributed by atoms with Gasteiger partial charge in [0.25, 0.3) is 0 Å². The van der Waals surface area contributed by atoms with E-state index in [4.69, 9.17) is 0 Å². The number of aromatic nitrogens is 2. The zero-order valence-corrected chi connectivity index (χ0v) is 13.8. The molecule has 0 amide bonds. The first kappa shape index (κ1) is 18.2. The van der Waals surface area contributed by atoms with Gasteiger partial charge in [-0.3, -0.25) is 0 Å². The van der Waals surface area contributed by atoms with Gasteiger partial charge in [-0.15, -0.1) is 0 Å². The van der Waals surface area contributed by atoms with Gasteiger partial charge in [-0.2, -0.15) is 0 Å². The van der Waals surface area contributed by atoms with Crippen LogP contribution in [0.3, 0.4) is 0 Å². The number of hydrogen-bond donors (Lipinski definition) is 0. The fraction of sp³-hybridized carbons (Fsp3) is 0.812. The lowest BCUT2D eigenvalue weighted by Crippen LogP contribution is -2.33. The van der Waals surface area contributed by atoms with Crippen molar-refractivity contribution in [3.8, 4) is 0 Å². The smallest absolute Gasteiger partial charge is 0.0949 e. The van der Waals surface area contributed by atoms with Crippen LogP contribution >= 0.6 is 0 Å². The van der Waals surface area contributed by atoms with Crippen LogP contribution in [0.1, 0.15) is 53.2 Å². The average molecular weight is 267 g/mol. The summed E-state index contributed by atoms with van der Waals surface area (Å²) in [6.07, 6.45) is 7.92. The molecule has 0 bridgehead atoms.